The van der Waals surface area contributed by atoms with E-state index in [0.29, 0.717) is 6.61 Å². The third-order valence-corrected chi connectivity index (χ3v) is 3.10. The Morgan fingerprint density at radius 2 is 1.73 bits per heavy atom. The molecule has 0 atom stereocenters. The Balaban J connectivity index is 2.47. The molecule has 90 valence electrons. The first-order valence-corrected chi connectivity index (χ1v) is 5.75. The number of methoxy groups -OCH3 is 1. The molecule has 0 spiro atoms. The van der Waals surface area contributed by atoms with Gasteiger partial charge in [0, 0.05) is 20.2 Å². The molecule has 15 heavy (non-hydrogen) atoms. The van der Waals surface area contributed by atoms with Crippen LogP contribution in [0.5, 0.6) is 0 Å². The quantitative estimate of drug-likeness (QED) is 0.718. The van der Waals surface area contributed by atoms with Crippen molar-refractivity contribution < 1.29 is 9.47 Å². The van der Waals surface area contributed by atoms with Crippen LogP contribution in [0.3, 0.4) is 0 Å². The normalized spacial score (nSPS) is 23.0. The molecule has 0 aliphatic carbocycles. The van der Waals surface area contributed by atoms with Gasteiger partial charge in [-0.05, 0) is 40.7 Å². The standard InChI is InChI=1S/C12H25NO2/c1-11(2,3)15-10-12(14-5)6-8-13(4)9-7-12/h6-10H2,1-5H3. The average Bonchev–Trinajstić information content (AvgIpc) is 2.17. The van der Waals surface area contributed by atoms with Crippen LogP contribution in [0, 0.1) is 0 Å². The lowest BCUT2D eigenvalue weighted by Gasteiger charge is -2.40. The fourth-order valence-corrected chi connectivity index (χ4v) is 1.78. The first-order chi connectivity index (χ1) is 6.87. The van der Waals surface area contributed by atoms with E-state index in [1.54, 1.807) is 7.11 Å². The lowest BCUT2D eigenvalue weighted by atomic mass is 9.92. The van der Waals surface area contributed by atoms with Crippen molar-refractivity contribution >= 4 is 0 Å². The van der Waals surface area contributed by atoms with Crippen LogP contribution in [-0.2, 0) is 9.47 Å². The molecule has 0 radical (unpaired) electrons. The maximum atomic E-state index is 5.85. The highest BCUT2D eigenvalue weighted by molar-refractivity contribution is 4.87. The molecule has 0 unspecified atom stereocenters. The zero-order valence-corrected chi connectivity index (χ0v) is 10.8. The van der Waals surface area contributed by atoms with E-state index in [0.717, 1.165) is 25.9 Å². The van der Waals surface area contributed by atoms with E-state index in [2.05, 4.69) is 32.7 Å². The lowest BCUT2D eigenvalue weighted by Crippen LogP contribution is -2.48. The summed E-state index contributed by atoms with van der Waals surface area (Å²) in [6.07, 6.45) is 2.13. The molecule has 0 aromatic rings. The second-order valence-corrected chi connectivity index (χ2v) is 5.59. The van der Waals surface area contributed by atoms with Crippen molar-refractivity contribution in [3.05, 3.63) is 0 Å². The van der Waals surface area contributed by atoms with Crippen LogP contribution < -0.4 is 0 Å². The summed E-state index contributed by atoms with van der Waals surface area (Å²) in [4.78, 5) is 2.34. The van der Waals surface area contributed by atoms with Gasteiger partial charge in [-0.25, -0.2) is 0 Å². The molecule has 0 aromatic heterocycles. The number of nitrogens with zero attached hydrogens (tertiary/aromatic N) is 1. The molecule has 0 amide bonds. The van der Waals surface area contributed by atoms with Gasteiger partial charge >= 0.3 is 0 Å². The summed E-state index contributed by atoms with van der Waals surface area (Å²) in [5.41, 5.74) is -0.130. The van der Waals surface area contributed by atoms with Gasteiger partial charge in [0.2, 0.25) is 0 Å². The summed E-state index contributed by atoms with van der Waals surface area (Å²) in [7, 11) is 3.96. The van der Waals surface area contributed by atoms with Crippen LogP contribution in [0.15, 0.2) is 0 Å². The Morgan fingerprint density at radius 1 is 1.20 bits per heavy atom. The molecule has 0 aromatic carbocycles. The van der Waals surface area contributed by atoms with Gasteiger partial charge in [0.1, 0.15) is 0 Å². The predicted molar refractivity (Wildman–Crippen MR) is 62.2 cm³/mol. The Hall–Kier alpha value is -0.120. The zero-order chi connectivity index (χ0) is 11.5. The molecule has 3 heteroatoms. The Kier molecular flexibility index (Phi) is 4.15. The molecule has 1 saturated heterocycles. The number of hydrogen-bond donors (Lipinski definition) is 0. The van der Waals surface area contributed by atoms with Crippen LogP contribution in [0.2, 0.25) is 0 Å². The summed E-state index contributed by atoms with van der Waals surface area (Å²) in [6, 6.07) is 0. The van der Waals surface area contributed by atoms with Gasteiger partial charge in [-0.15, -0.1) is 0 Å². The van der Waals surface area contributed by atoms with Gasteiger partial charge in [-0.1, -0.05) is 0 Å². The van der Waals surface area contributed by atoms with E-state index in [9.17, 15) is 0 Å². The number of piperidine rings is 1. The Bertz CT molecular complexity index is 190. The molecule has 3 nitrogen and oxygen atoms in total. The molecule has 0 N–H and O–H groups in total. The van der Waals surface area contributed by atoms with Crippen LogP contribution >= 0.6 is 0 Å². The molecule has 0 saturated carbocycles. The Morgan fingerprint density at radius 3 is 2.13 bits per heavy atom. The molecule has 0 bridgehead atoms. The van der Waals surface area contributed by atoms with Crippen LogP contribution in [0.1, 0.15) is 33.6 Å². The van der Waals surface area contributed by atoms with Gasteiger partial charge in [-0.3, -0.25) is 0 Å². The van der Waals surface area contributed by atoms with Crippen molar-refractivity contribution in [2.45, 2.75) is 44.8 Å². The molecule has 1 aliphatic heterocycles. The van der Waals surface area contributed by atoms with Crippen molar-refractivity contribution in [3.8, 4) is 0 Å². The minimum absolute atomic E-state index is 0.0558. The van der Waals surface area contributed by atoms with E-state index in [1.807, 2.05) is 0 Å². The van der Waals surface area contributed by atoms with Crippen molar-refractivity contribution in [1.29, 1.82) is 0 Å². The summed E-state index contributed by atoms with van der Waals surface area (Å²) >= 11 is 0. The predicted octanol–water partition coefficient (Wildman–Crippen LogP) is 1.91. The maximum Gasteiger partial charge on any atom is 0.0935 e. The van der Waals surface area contributed by atoms with Crippen molar-refractivity contribution in [2.24, 2.45) is 0 Å². The summed E-state index contributed by atoms with van der Waals surface area (Å²) < 4.78 is 11.5. The van der Waals surface area contributed by atoms with E-state index < -0.39 is 0 Å². The third-order valence-electron chi connectivity index (χ3n) is 3.10. The second-order valence-electron chi connectivity index (χ2n) is 5.59. The summed E-state index contributed by atoms with van der Waals surface area (Å²) in [6.45, 7) is 9.17. The van der Waals surface area contributed by atoms with Crippen LogP contribution in [0.25, 0.3) is 0 Å². The molecule has 1 rings (SSSR count). The average molecular weight is 215 g/mol. The first kappa shape index (κ1) is 12.9. The van der Waals surface area contributed by atoms with Gasteiger partial charge in [0.05, 0.1) is 17.8 Å². The highest BCUT2D eigenvalue weighted by atomic mass is 16.5. The fourth-order valence-electron chi connectivity index (χ4n) is 1.78. The van der Waals surface area contributed by atoms with E-state index in [1.165, 1.54) is 0 Å². The van der Waals surface area contributed by atoms with Gasteiger partial charge in [0.15, 0.2) is 0 Å². The lowest BCUT2D eigenvalue weighted by molar-refractivity contribution is -0.136. The van der Waals surface area contributed by atoms with Crippen LogP contribution in [-0.4, -0.2) is 50.0 Å². The van der Waals surface area contributed by atoms with Crippen molar-refractivity contribution in [3.63, 3.8) is 0 Å². The molecule has 1 heterocycles. The number of ether oxygens (including phenoxy) is 2. The summed E-state index contributed by atoms with van der Waals surface area (Å²) in [5.74, 6) is 0. The highest BCUT2D eigenvalue weighted by Crippen LogP contribution is 2.27. The molecule has 1 fully saturated rings. The Labute approximate surface area is 93.7 Å². The first-order valence-electron chi connectivity index (χ1n) is 5.75. The highest BCUT2D eigenvalue weighted by Gasteiger charge is 2.35. The zero-order valence-electron chi connectivity index (χ0n) is 10.8. The van der Waals surface area contributed by atoms with Crippen molar-refractivity contribution in [1.82, 2.24) is 4.90 Å². The second kappa shape index (κ2) is 4.81. The minimum atomic E-state index is -0.0745. The molecule has 1 aliphatic rings. The van der Waals surface area contributed by atoms with Crippen molar-refractivity contribution in [2.75, 3.05) is 33.9 Å². The fraction of sp³-hybridized carbons (Fsp3) is 1.00. The van der Waals surface area contributed by atoms with Gasteiger partial charge in [-0.2, -0.15) is 0 Å². The van der Waals surface area contributed by atoms with E-state index >= 15 is 0 Å². The number of likely N-dealkylation sites (tertiary alicyclic amines) is 1. The smallest absolute Gasteiger partial charge is 0.0935 e. The summed E-state index contributed by atoms with van der Waals surface area (Å²) in [5, 5.41) is 0. The van der Waals surface area contributed by atoms with E-state index in [4.69, 9.17) is 9.47 Å². The van der Waals surface area contributed by atoms with Gasteiger partial charge < -0.3 is 14.4 Å². The third kappa shape index (κ3) is 4.09. The molecular weight excluding hydrogens is 190 g/mol. The van der Waals surface area contributed by atoms with Gasteiger partial charge in [0.25, 0.3) is 0 Å². The topological polar surface area (TPSA) is 21.7 Å². The number of hydrogen-bond acceptors (Lipinski definition) is 3. The maximum absolute atomic E-state index is 5.85. The number of rotatable bonds is 3. The molecular formula is C12H25NO2. The largest absolute Gasteiger partial charge is 0.376 e. The SMILES string of the molecule is COC1(COC(C)(C)C)CCN(C)CC1. The van der Waals surface area contributed by atoms with Crippen LogP contribution in [0.4, 0.5) is 0 Å². The minimum Gasteiger partial charge on any atom is -0.376 e. The van der Waals surface area contributed by atoms with E-state index in [-0.39, 0.29) is 11.2 Å². The monoisotopic (exact) mass is 215 g/mol.